The van der Waals surface area contributed by atoms with Gasteiger partial charge in [-0.25, -0.2) is 0 Å². The van der Waals surface area contributed by atoms with E-state index < -0.39 is 6.10 Å². The topological polar surface area (TPSA) is 42.4 Å². The van der Waals surface area contributed by atoms with E-state index in [-0.39, 0.29) is 0 Å². The van der Waals surface area contributed by atoms with Crippen molar-refractivity contribution >= 4 is 15.9 Å². The van der Waals surface area contributed by atoms with Crippen LogP contribution in [0.3, 0.4) is 0 Å². The summed E-state index contributed by atoms with van der Waals surface area (Å²) in [4.78, 5) is 4.22. The molecule has 4 heteroatoms. The first-order chi connectivity index (χ1) is 9.24. The first kappa shape index (κ1) is 12.6. The molecule has 0 radical (unpaired) electrons. The molecule has 1 unspecified atom stereocenters. The van der Waals surface area contributed by atoms with E-state index in [2.05, 4.69) is 20.9 Å². The van der Waals surface area contributed by atoms with Crippen LogP contribution in [0.15, 0.2) is 47.1 Å². The van der Waals surface area contributed by atoms with Gasteiger partial charge in [0.25, 0.3) is 0 Å². The number of rotatable bonds is 4. The normalized spacial score (nSPS) is 16.1. The van der Waals surface area contributed by atoms with Crippen LogP contribution in [-0.4, -0.2) is 16.2 Å². The highest BCUT2D eigenvalue weighted by Crippen LogP contribution is 2.31. The molecule has 1 fully saturated rings. The molecule has 98 valence electrons. The largest absolute Gasteiger partial charge is 0.490 e. The van der Waals surface area contributed by atoms with Gasteiger partial charge in [-0.3, -0.25) is 4.98 Å². The molecule has 0 bridgehead atoms. The molecule has 1 atom stereocenters. The van der Waals surface area contributed by atoms with E-state index in [9.17, 15) is 5.11 Å². The summed E-state index contributed by atoms with van der Waals surface area (Å²) in [5.41, 5.74) is 1.41. The number of benzene rings is 1. The fourth-order valence-electron chi connectivity index (χ4n) is 1.89. The quantitative estimate of drug-likeness (QED) is 0.938. The molecule has 1 aliphatic rings. The van der Waals surface area contributed by atoms with E-state index in [0.717, 1.165) is 28.6 Å². The number of ether oxygens (including phenoxy) is 1. The predicted molar refractivity (Wildman–Crippen MR) is 76.1 cm³/mol. The second kappa shape index (κ2) is 5.31. The van der Waals surface area contributed by atoms with Crippen molar-refractivity contribution in [1.29, 1.82) is 0 Å². The van der Waals surface area contributed by atoms with E-state index in [1.165, 1.54) is 0 Å². The maximum atomic E-state index is 10.4. The number of nitrogens with zero attached hydrogens (tertiary/aromatic N) is 1. The Morgan fingerprint density at radius 2 is 2.11 bits per heavy atom. The lowest BCUT2D eigenvalue weighted by Gasteiger charge is -2.13. The Labute approximate surface area is 120 Å². The minimum Gasteiger partial charge on any atom is -0.490 e. The lowest BCUT2D eigenvalue weighted by molar-refractivity contribution is 0.213. The maximum Gasteiger partial charge on any atom is 0.122 e. The fourth-order valence-corrected chi connectivity index (χ4v) is 2.37. The van der Waals surface area contributed by atoms with E-state index in [1.807, 2.05) is 36.4 Å². The summed E-state index contributed by atoms with van der Waals surface area (Å²) in [6.45, 7) is 0. The molecule has 1 aromatic carbocycles. The molecule has 1 saturated carbocycles. The summed E-state index contributed by atoms with van der Waals surface area (Å²) < 4.78 is 6.54. The Kier molecular flexibility index (Phi) is 3.53. The summed E-state index contributed by atoms with van der Waals surface area (Å²) in [5, 5.41) is 10.4. The molecular formula is C15H14BrNO2. The van der Waals surface area contributed by atoms with Crippen LogP contribution in [0.2, 0.25) is 0 Å². The van der Waals surface area contributed by atoms with Gasteiger partial charge in [0.1, 0.15) is 11.9 Å². The third-order valence-electron chi connectivity index (χ3n) is 3.05. The standard InChI is InChI=1S/C15H14BrNO2/c16-13-5-2-8-17-14(13)15(18)10-3-1-4-12(9-10)19-11-6-7-11/h1-5,8-9,11,15,18H,6-7H2. The summed E-state index contributed by atoms with van der Waals surface area (Å²) in [5.74, 6) is 0.811. The Morgan fingerprint density at radius 1 is 1.26 bits per heavy atom. The molecular weight excluding hydrogens is 306 g/mol. The van der Waals surface area contributed by atoms with Gasteiger partial charge in [0, 0.05) is 10.7 Å². The van der Waals surface area contributed by atoms with Crippen LogP contribution in [0.4, 0.5) is 0 Å². The SMILES string of the molecule is OC(c1cccc(OC2CC2)c1)c1ncccc1Br. The average Bonchev–Trinajstić information content (AvgIpc) is 3.23. The van der Waals surface area contributed by atoms with Crippen LogP contribution in [0.5, 0.6) is 5.75 Å². The third-order valence-corrected chi connectivity index (χ3v) is 3.72. The summed E-state index contributed by atoms with van der Waals surface area (Å²) >= 11 is 3.41. The second-order valence-corrected chi connectivity index (χ2v) is 5.52. The molecule has 2 aromatic rings. The highest BCUT2D eigenvalue weighted by atomic mass is 79.9. The lowest BCUT2D eigenvalue weighted by atomic mass is 10.1. The summed E-state index contributed by atoms with van der Waals surface area (Å²) in [6, 6.07) is 11.3. The predicted octanol–water partition coefficient (Wildman–Crippen LogP) is 3.47. The highest BCUT2D eigenvalue weighted by molar-refractivity contribution is 9.10. The van der Waals surface area contributed by atoms with Crippen LogP contribution >= 0.6 is 15.9 Å². The Hall–Kier alpha value is -1.39. The Bertz CT molecular complexity index is 584. The van der Waals surface area contributed by atoms with E-state index in [4.69, 9.17) is 4.74 Å². The number of halogens is 1. The monoisotopic (exact) mass is 319 g/mol. The Morgan fingerprint density at radius 3 is 2.84 bits per heavy atom. The first-order valence-electron chi connectivity index (χ1n) is 6.29. The molecule has 3 rings (SSSR count). The Balaban J connectivity index is 1.86. The third kappa shape index (κ3) is 2.96. The van der Waals surface area contributed by atoms with Crippen molar-refractivity contribution in [1.82, 2.24) is 4.98 Å². The number of aromatic nitrogens is 1. The minimum absolute atomic E-state index is 0.356. The molecule has 0 amide bonds. The molecule has 0 saturated heterocycles. The van der Waals surface area contributed by atoms with E-state index >= 15 is 0 Å². The maximum absolute atomic E-state index is 10.4. The number of pyridine rings is 1. The van der Waals surface area contributed by atoms with Crippen molar-refractivity contribution in [3.63, 3.8) is 0 Å². The zero-order valence-corrected chi connectivity index (χ0v) is 11.9. The number of hydrogen-bond donors (Lipinski definition) is 1. The zero-order valence-electron chi connectivity index (χ0n) is 10.3. The van der Waals surface area contributed by atoms with Crippen molar-refractivity contribution < 1.29 is 9.84 Å². The first-order valence-corrected chi connectivity index (χ1v) is 7.08. The second-order valence-electron chi connectivity index (χ2n) is 4.66. The van der Waals surface area contributed by atoms with Gasteiger partial charge >= 0.3 is 0 Å². The molecule has 0 aliphatic heterocycles. The van der Waals surface area contributed by atoms with Crippen molar-refractivity contribution in [3.8, 4) is 5.75 Å². The molecule has 1 N–H and O–H groups in total. The van der Waals surface area contributed by atoms with Gasteiger partial charge in [-0.2, -0.15) is 0 Å². The molecule has 3 nitrogen and oxygen atoms in total. The van der Waals surface area contributed by atoms with Gasteiger partial charge in [-0.05, 0) is 58.6 Å². The van der Waals surface area contributed by atoms with Gasteiger partial charge in [0.2, 0.25) is 0 Å². The number of aliphatic hydroxyl groups excluding tert-OH is 1. The van der Waals surface area contributed by atoms with Crippen LogP contribution in [0, 0.1) is 0 Å². The van der Waals surface area contributed by atoms with Crippen molar-refractivity contribution in [2.75, 3.05) is 0 Å². The van der Waals surface area contributed by atoms with Gasteiger partial charge in [0.15, 0.2) is 0 Å². The van der Waals surface area contributed by atoms with Crippen LogP contribution < -0.4 is 4.74 Å². The van der Waals surface area contributed by atoms with Gasteiger partial charge in [-0.15, -0.1) is 0 Å². The molecule has 1 heterocycles. The smallest absolute Gasteiger partial charge is 0.122 e. The summed E-state index contributed by atoms with van der Waals surface area (Å²) in [7, 11) is 0. The van der Waals surface area contributed by atoms with Crippen LogP contribution in [0.1, 0.15) is 30.2 Å². The molecule has 19 heavy (non-hydrogen) atoms. The molecule has 1 aromatic heterocycles. The fraction of sp³-hybridized carbons (Fsp3) is 0.267. The van der Waals surface area contributed by atoms with Crippen LogP contribution in [0.25, 0.3) is 0 Å². The van der Waals surface area contributed by atoms with Gasteiger partial charge in [-0.1, -0.05) is 12.1 Å². The van der Waals surface area contributed by atoms with Crippen molar-refractivity contribution in [3.05, 3.63) is 58.3 Å². The van der Waals surface area contributed by atoms with Crippen molar-refractivity contribution in [2.24, 2.45) is 0 Å². The van der Waals surface area contributed by atoms with Gasteiger partial charge in [0.05, 0.1) is 11.8 Å². The van der Waals surface area contributed by atoms with Gasteiger partial charge < -0.3 is 9.84 Å². The number of hydrogen-bond acceptors (Lipinski definition) is 3. The minimum atomic E-state index is -0.752. The summed E-state index contributed by atoms with van der Waals surface area (Å²) in [6.07, 6.45) is 3.53. The molecule has 1 aliphatic carbocycles. The highest BCUT2D eigenvalue weighted by Gasteiger charge is 2.24. The van der Waals surface area contributed by atoms with E-state index in [1.54, 1.807) is 6.20 Å². The zero-order chi connectivity index (χ0) is 13.2. The van der Waals surface area contributed by atoms with Crippen LogP contribution in [-0.2, 0) is 0 Å². The van der Waals surface area contributed by atoms with E-state index in [0.29, 0.717) is 11.8 Å². The average molecular weight is 320 g/mol. The number of aliphatic hydroxyl groups is 1. The lowest BCUT2D eigenvalue weighted by Crippen LogP contribution is -2.04. The molecule has 0 spiro atoms. The van der Waals surface area contributed by atoms with Crippen molar-refractivity contribution in [2.45, 2.75) is 25.0 Å².